The van der Waals surface area contributed by atoms with E-state index < -0.39 is 108 Å². The van der Waals surface area contributed by atoms with E-state index in [4.69, 9.17) is 19.5 Å². The normalized spacial score (nSPS) is 17.3. The van der Waals surface area contributed by atoms with Crippen molar-refractivity contribution in [2.24, 2.45) is 0 Å². The van der Waals surface area contributed by atoms with Crippen LogP contribution in [-0.4, -0.2) is 0 Å². The summed E-state index contributed by atoms with van der Waals surface area (Å²) in [6.07, 6.45) is 0. The van der Waals surface area contributed by atoms with Gasteiger partial charge in [0.05, 0.1) is 21.9 Å². The quantitative estimate of drug-likeness (QED) is 0.215. The molecule has 1 nitrogen and oxygen atoms in total. The van der Waals surface area contributed by atoms with Gasteiger partial charge in [-0.1, -0.05) is 127 Å². The minimum Gasteiger partial charge on any atom is -0.456 e. The van der Waals surface area contributed by atoms with Crippen LogP contribution in [0.15, 0.2) is 150 Å². The van der Waals surface area contributed by atoms with Crippen LogP contribution >= 0.6 is 0 Å². The molecule has 0 atom stereocenters. The standard InChI is InChI=1S/C38H24O/c1-2-12-25(13-3-1)26-14-10-15-27(24-26)36-28-16-4-6-18-30(28)37(31-19-7-5-17-29(31)36)33-21-11-23-35-38(33)32-20-8-9-22-34(32)39-35/h1-24H/i1D,2D,3D,4D,5D,6D,7D,10D,12D,13D,15D,16D,17D,18D,19D,24D. The van der Waals surface area contributed by atoms with Crippen molar-refractivity contribution in [3.63, 3.8) is 0 Å². The van der Waals surface area contributed by atoms with E-state index in [0.717, 1.165) is 6.07 Å². The second-order valence-corrected chi connectivity index (χ2v) is 8.85. The van der Waals surface area contributed by atoms with Crippen molar-refractivity contribution >= 4 is 43.5 Å². The van der Waals surface area contributed by atoms with Gasteiger partial charge in [-0.25, -0.2) is 0 Å². The molecule has 0 aliphatic rings. The highest BCUT2D eigenvalue weighted by Gasteiger charge is 2.20. The van der Waals surface area contributed by atoms with Crippen LogP contribution in [-0.2, 0) is 0 Å². The largest absolute Gasteiger partial charge is 0.456 e. The molecule has 0 radical (unpaired) electrons. The van der Waals surface area contributed by atoms with Gasteiger partial charge in [0.15, 0.2) is 0 Å². The minimum absolute atomic E-state index is 0.0100. The van der Waals surface area contributed by atoms with Crippen LogP contribution in [0.25, 0.3) is 76.9 Å². The lowest BCUT2D eigenvalue weighted by Crippen LogP contribution is -1.91. The van der Waals surface area contributed by atoms with Gasteiger partial charge in [0.1, 0.15) is 11.2 Å². The molecule has 1 aromatic heterocycles. The van der Waals surface area contributed by atoms with Crippen molar-refractivity contribution in [1.82, 2.24) is 0 Å². The molecule has 0 bridgehead atoms. The van der Waals surface area contributed by atoms with Gasteiger partial charge in [0.25, 0.3) is 0 Å². The summed E-state index contributed by atoms with van der Waals surface area (Å²) in [5, 5.41) is 0.0788. The highest BCUT2D eigenvalue weighted by atomic mass is 16.3. The van der Waals surface area contributed by atoms with Gasteiger partial charge >= 0.3 is 0 Å². The molecule has 8 aromatic rings. The summed E-state index contributed by atoms with van der Waals surface area (Å²) in [5.41, 5.74) is -0.511. The monoisotopic (exact) mass is 512 g/mol. The number of benzene rings is 7. The number of para-hydroxylation sites is 1. The molecule has 1 heterocycles. The second-order valence-electron chi connectivity index (χ2n) is 8.85. The maximum Gasteiger partial charge on any atom is 0.136 e. The Hall–Kier alpha value is -5.14. The predicted octanol–water partition coefficient (Wildman–Crippen LogP) is 10.9. The molecule has 0 aliphatic carbocycles. The molecule has 7 aromatic carbocycles. The van der Waals surface area contributed by atoms with Gasteiger partial charge in [-0.2, -0.15) is 0 Å². The fourth-order valence-corrected chi connectivity index (χ4v) is 5.15. The predicted molar refractivity (Wildman–Crippen MR) is 165 cm³/mol. The van der Waals surface area contributed by atoms with Gasteiger partial charge in [-0.15, -0.1) is 0 Å². The summed E-state index contributed by atoms with van der Waals surface area (Å²) in [4.78, 5) is 0. The number of rotatable bonds is 3. The smallest absolute Gasteiger partial charge is 0.136 e. The summed E-state index contributed by atoms with van der Waals surface area (Å²) in [5.74, 6) is 0. The van der Waals surface area contributed by atoms with E-state index in [1.807, 2.05) is 0 Å². The van der Waals surface area contributed by atoms with E-state index in [1.165, 1.54) is 0 Å². The highest BCUT2D eigenvalue weighted by Crippen LogP contribution is 2.47. The van der Waals surface area contributed by atoms with Gasteiger partial charge < -0.3 is 4.42 Å². The van der Waals surface area contributed by atoms with Crippen molar-refractivity contribution in [1.29, 1.82) is 0 Å². The molecule has 0 N–H and O–H groups in total. The van der Waals surface area contributed by atoms with E-state index in [9.17, 15) is 6.85 Å². The van der Waals surface area contributed by atoms with Crippen LogP contribution in [0, 0.1) is 0 Å². The first kappa shape index (κ1) is 11.3. The molecular formula is C38H24O. The molecule has 0 spiro atoms. The molecule has 0 fully saturated rings. The Labute approximate surface area is 249 Å². The lowest BCUT2D eigenvalue weighted by Gasteiger charge is -2.18. The highest BCUT2D eigenvalue weighted by molar-refractivity contribution is 6.25. The summed E-state index contributed by atoms with van der Waals surface area (Å²) >= 11 is 0. The zero-order valence-electron chi connectivity index (χ0n) is 36.0. The lowest BCUT2D eigenvalue weighted by molar-refractivity contribution is 0.669. The van der Waals surface area contributed by atoms with Crippen molar-refractivity contribution in [3.8, 4) is 33.4 Å². The van der Waals surface area contributed by atoms with E-state index in [1.54, 1.807) is 42.5 Å². The van der Waals surface area contributed by atoms with Gasteiger partial charge in [0, 0.05) is 10.8 Å². The molecule has 0 aliphatic heterocycles. The van der Waals surface area contributed by atoms with Crippen LogP contribution in [0.2, 0.25) is 0 Å². The zero-order chi connectivity index (χ0) is 39.7. The van der Waals surface area contributed by atoms with Crippen molar-refractivity contribution in [3.05, 3.63) is 145 Å². The summed E-state index contributed by atoms with van der Waals surface area (Å²) < 4.78 is 148. The molecule has 8 rings (SSSR count). The van der Waals surface area contributed by atoms with Crippen molar-refractivity contribution < 1.29 is 26.3 Å². The first-order valence-electron chi connectivity index (χ1n) is 20.1. The molecule has 0 saturated carbocycles. The molecule has 0 amide bonds. The molecule has 0 saturated heterocycles. The third kappa shape index (κ3) is 3.41. The van der Waals surface area contributed by atoms with Crippen LogP contribution in [0.4, 0.5) is 0 Å². The number of fused-ring (bicyclic) bond motifs is 5. The molecular weight excluding hydrogens is 472 g/mol. The van der Waals surface area contributed by atoms with Gasteiger partial charge in [-0.05, 0) is 73.1 Å². The molecule has 1 heteroatoms. The van der Waals surface area contributed by atoms with E-state index in [2.05, 4.69) is 0 Å². The first-order chi connectivity index (χ1) is 26.0. The fourth-order valence-electron chi connectivity index (χ4n) is 5.15. The Balaban J connectivity index is 1.70. The summed E-state index contributed by atoms with van der Waals surface area (Å²) in [6, 6.07) is 2.32. The molecule has 39 heavy (non-hydrogen) atoms. The topological polar surface area (TPSA) is 13.1 Å². The Morgan fingerprint density at radius 1 is 0.436 bits per heavy atom. The van der Waals surface area contributed by atoms with Crippen LogP contribution in [0.3, 0.4) is 0 Å². The van der Waals surface area contributed by atoms with Crippen molar-refractivity contribution in [2.45, 2.75) is 0 Å². The Morgan fingerprint density at radius 2 is 1.05 bits per heavy atom. The Morgan fingerprint density at radius 3 is 1.79 bits per heavy atom. The SMILES string of the molecule is [2H]c1cc(-c2c([2H])c([2H])c([2H])c([2H])c2[2H])c([2H])c(-c2c3c([2H])c([2H])c([2H])c([2H])c3c(-c3cccc4oc5ccccc5c34)c3c([2H])c([2H])c([2H])c([2H])c23)c1[2H]. The number of furan rings is 1. The first-order valence-corrected chi connectivity index (χ1v) is 12.1. The van der Waals surface area contributed by atoms with Crippen LogP contribution in [0.5, 0.6) is 0 Å². The minimum atomic E-state index is -0.720. The van der Waals surface area contributed by atoms with Crippen molar-refractivity contribution in [2.75, 3.05) is 0 Å². The molecule has 0 unspecified atom stereocenters. The average molecular weight is 513 g/mol. The Bertz CT molecular complexity index is 2950. The van der Waals surface area contributed by atoms with Crippen LogP contribution in [0.1, 0.15) is 21.9 Å². The van der Waals surface area contributed by atoms with E-state index >= 15 is 0 Å². The third-order valence-corrected chi connectivity index (χ3v) is 6.74. The number of hydrogen-bond donors (Lipinski definition) is 0. The number of hydrogen-bond acceptors (Lipinski definition) is 1. The summed E-state index contributed by atoms with van der Waals surface area (Å²) in [7, 11) is 0. The lowest BCUT2D eigenvalue weighted by atomic mass is 9.84. The maximum absolute atomic E-state index is 9.50. The average Bonchev–Trinajstić information content (AvgIpc) is 3.56. The molecule has 182 valence electrons. The zero-order valence-corrected chi connectivity index (χ0v) is 20.0. The fraction of sp³-hybridized carbons (Fsp3) is 0. The summed E-state index contributed by atoms with van der Waals surface area (Å²) in [6.45, 7) is 0. The van der Waals surface area contributed by atoms with E-state index in [-0.39, 0.29) is 38.2 Å². The van der Waals surface area contributed by atoms with Gasteiger partial charge in [-0.3, -0.25) is 0 Å². The third-order valence-electron chi connectivity index (χ3n) is 6.74. The second kappa shape index (κ2) is 8.72. The maximum atomic E-state index is 9.50. The van der Waals surface area contributed by atoms with Crippen LogP contribution < -0.4 is 0 Å². The van der Waals surface area contributed by atoms with E-state index in [0.29, 0.717) is 27.5 Å². The Kier molecular flexibility index (Phi) is 2.53. The van der Waals surface area contributed by atoms with Gasteiger partial charge in [0.2, 0.25) is 0 Å².